The van der Waals surface area contributed by atoms with Crippen LogP contribution in [0.15, 0.2) is 23.6 Å². The summed E-state index contributed by atoms with van der Waals surface area (Å²) in [7, 11) is 0. The molecule has 0 aromatic carbocycles. The van der Waals surface area contributed by atoms with E-state index in [9.17, 15) is 0 Å². The van der Waals surface area contributed by atoms with E-state index in [1.165, 1.54) is 0 Å². The summed E-state index contributed by atoms with van der Waals surface area (Å²) in [5.74, 6) is 1.15. The van der Waals surface area contributed by atoms with Gasteiger partial charge in [-0.2, -0.15) is 0 Å². The van der Waals surface area contributed by atoms with Crippen LogP contribution in [0.4, 0.5) is 0 Å². The summed E-state index contributed by atoms with van der Waals surface area (Å²) < 4.78 is 0. The summed E-state index contributed by atoms with van der Waals surface area (Å²) >= 11 is 1.83. The molecule has 2 N–H and O–H groups in total. The number of allylic oxidation sites excluding steroid dienone is 2. The Kier molecular flexibility index (Phi) is 3.84. The highest BCUT2D eigenvalue weighted by molar-refractivity contribution is 8.02. The first-order valence-corrected chi connectivity index (χ1v) is 2.98. The Morgan fingerprint density at radius 3 is 2.29 bits per heavy atom. The Labute approximate surface area is 47.4 Å². The van der Waals surface area contributed by atoms with Crippen LogP contribution in [-0.4, -0.2) is 11.2 Å². The first-order chi connectivity index (χ1) is 3.00. The predicted molar refractivity (Wildman–Crippen MR) is 34.4 cm³/mol. The van der Waals surface area contributed by atoms with Crippen LogP contribution in [0.3, 0.4) is 0 Å². The number of hydrogen-bond donors (Lipinski definition) is 0. The molecule has 1 aliphatic rings. The number of rotatable bonds is 0. The zero-order valence-electron chi connectivity index (χ0n) is 3.92. The quantitative estimate of drug-likeness (QED) is 0.464. The molecule has 0 radical (unpaired) electrons. The van der Waals surface area contributed by atoms with Gasteiger partial charge in [-0.05, 0) is 5.41 Å². The van der Waals surface area contributed by atoms with Gasteiger partial charge in [0.25, 0.3) is 0 Å². The van der Waals surface area contributed by atoms with Gasteiger partial charge in [0.05, 0.1) is 0 Å². The van der Waals surface area contributed by atoms with Gasteiger partial charge >= 0.3 is 0 Å². The summed E-state index contributed by atoms with van der Waals surface area (Å²) in [5, 5.41) is 2.10. The second-order valence-electron chi connectivity index (χ2n) is 1.09. The lowest BCUT2D eigenvalue weighted by Gasteiger charge is -1.88. The highest BCUT2D eigenvalue weighted by atomic mass is 32.2. The normalized spacial score (nSPS) is 16.0. The third-order valence-electron chi connectivity index (χ3n) is 0.614. The van der Waals surface area contributed by atoms with E-state index in [-0.39, 0.29) is 5.48 Å². The molecule has 0 fully saturated rings. The van der Waals surface area contributed by atoms with Gasteiger partial charge in [-0.15, -0.1) is 11.8 Å². The zero-order valence-corrected chi connectivity index (χ0v) is 4.74. The standard InChI is InChI=1S/C5H6S.H2O/c1-2-4-6-5-3-1;/h1-4H,5H2;1H2. The van der Waals surface area contributed by atoms with Crippen molar-refractivity contribution in [1.82, 2.24) is 0 Å². The van der Waals surface area contributed by atoms with Crippen LogP contribution in [0.5, 0.6) is 0 Å². The lowest BCUT2D eigenvalue weighted by atomic mass is 10.5. The lowest BCUT2D eigenvalue weighted by molar-refractivity contribution is 0.824. The van der Waals surface area contributed by atoms with Crippen LogP contribution in [-0.2, 0) is 0 Å². The van der Waals surface area contributed by atoms with Crippen LogP contribution >= 0.6 is 11.8 Å². The highest BCUT2D eigenvalue weighted by Crippen LogP contribution is 2.05. The topological polar surface area (TPSA) is 31.5 Å². The van der Waals surface area contributed by atoms with Gasteiger partial charge < -0.3 is 5.48 Å². The van der Waals surface area contributed by atoms with Gasteiger partial charge in [0.1, 0.15) is 0 Å². The van der Waals surface area contributed by atoms with Crippen molar-refractivity contribution >= 4 is 11.8 Å². The van der Waals surface area contributed by atoms with Crippen molar-refractivity contribution in [3.05, 3.63) is 23.6 Å². The van der Waals surface area contributed by atoms with Crippen LogP contribution in [0.2, 0.25) is 0 Å². The van der Waals surface area contributed by atoms with Gasteiger partial charge in [-0.25, -0.2) is 0 Å². The molecule has 0 aromatic rings. The van der Waals surface area contributed by atoms with Crippen molar-refractivity contribution in [2.24, 2.45) is 0 Å². The monoisotopic (exact) mass is 116 g/mol. The second-order valence-corrected chi connectivity index (χ2v) is 2.03. The fourth-order valence-corrected chi connectivity index (χ4v) is 0.881. The molecular formula is C5H8OS. The maximum atomic E-state index is 2.14. The molecule has 1 aliphatic heterocycles. The molecule has 0 amide bonds. The van der Waals surface area contributed by atoms with E-state index >= 15 is 0 Å². The van der Waals surface area contributed by atoms with E-state index in [0.29, 0.717) is 0 Å². The van der Waals surface area contributed by atoms with Crippen LogP contribution in [0.1, 0.15) is 0 Å². The Hall–Kier alpha value is -0.210. The van der Waals surface area contributed by atoms with Crippen molar-refractivity contribution in [3.8, 4) is 0 Å². The van der Waals surface area contributed by atoms with Crippen molar-refractivity contribution in [2.45, 2.75) is 0 Å². The minimum absolute atomic E-state index is 0. The molecule has 0 aliphatic carbocycles. The molecule has 1 heterocycles. The Balaban J connectivity index is 0.000000360. The molecule has 0 atom stereocenters. The molecule has 1 nitrogen and oxygen atoms in total. The first-order valence-electron chi connectivity index (χ1n) is 1.93. The number of hydrogen-bond acceptors (Lipinski definition) is 1. The van der Waals surface area contributed by atoms with Crippen LogP contribution in [0.25, 0.3) is 0 Å². The van der Waals surface area contributed by atoms with Crippen LogP contribution < -0.4 is 0 Å². The summed E-state index contributed by atoms with van der Waals surface area (Å²) in [6, 6.07) is 0. The largest absolute Gasteiger partial charge is 0.412 e. The van der Waals surface area contributed by atoms with E-state index < -0.39 is 0 Å². The maximum Gasteiger partial charge on any atom is 0.0157 e. The third kappa shape index (κ3) is 2.48. The van der Waals surface area contributed by atoms with E-state index in [1.807, 2.05) is 17.8 Å². The van der Waals surface area contributed by atoms with E-state index in [0.717, 1.165) is 5.75 Å². The summed E-state index contributed by atoms with van der Waals surface area (Å²) in [4.78, 5) is 0. The Bertz CT molecular complexity index is 74.1. The molecule has 40 valence electrons. The molecular weight excluding hydrogens is 108 g/mol. The molecule has 0 saturated heterocycles. The lowest BCUT2D eigenvalue weighted by Crippen LogP contribution is -1.67. The number of thioether (sulfide) groups is 1. The molecule has 0 bridgehead atoms. The van der Waals surface area contributed by atoms with Crippen molar-refractivity contribution in [3.63, 3.8) is 0 Å². The van der Waals surface area contributed by atoms with Crippen molar-refractivity contribution in [2.75, 3.05) is 5.75 Å². The molecule has 0 spiro atoms. The Morgan fingerprint density at radius 1 is 1.29 bits per heavy atom. The van der Waals surface area contributed by atoms with Gasteiger partial charge in [-0.3, -0.25) is 0 Å². The molecule has 1 rings (SSSR count). The summed E-state index contributed by atoms with van der Waals surface area (Å²) in [5.41, 5.74) is 0. The molecule has 0 unspecified atom stereocenters. The van der Waals surface area contributed by atoms with E-state index in [4.69, 9.17) is 0 Å². The van der Waals surface area contributed by atoms with E-state index in [2.05, 4.69) is 17.6 Å². The first kappa shape index (κ1) is 6.79. The SMILES string of the molecule is C1=CCSC=C1.O. The van der Waals surface area contributed by atoms with Crippen LogP contribution in [0, 0.1) is 0 Å². The average Bonchev–Trinajstić information content (AvgIpc) is 1.72. The zero-order chi connectivity index (χ0) is 4.24. The van der Waals surface area contributed by atoms with E-state index in [1.54, 1.807) is 0 Å². The molecule has 2 heteroatoms. The molecule has 0 aromatic heterocycles. The predicted octanol–water partition coefficient (Wildman–Crippen LogP) is 0.978. The minimum Gasteiger partial charge on any atom is -0.412 e. The van der Waals surface area contributed by atoms with Gasteiger partial charge in [0, 0.05) is 5.75 Å². The average molecular weight is 116 g/mol. The summed E-state index contributed by atoms with van der Waals surface area (Å²) in [6.45, 7) is 0. The smallest absolute Gasteiger partial charge is 0.0157 e. The van der Waals surface area contributed by atoms with Gasteiger partial charge in [0.15, 0.2) is 0 Å². The minimum atomic E-state index is 0. The molecule has 7 heavy (non-hydrogen) atoms. The highest BCUT2D eigenvalue weighted by Gasteiger charge is 1.77. The maximum absolute atomic E-state index is 2.14. The fraction of sp³-hybridized carbons (Fsp3) is 0.200. The molecule has 0 saturated carbocycles. The summed E-state index contributed by atoms with van der Waals surface area (Å²) in [6.07, 6.45) is 6.26. The van der Waals surface area contributed by atoms with Gasteiger partial charge in [-0.1, -0.05) is 18.2 Å². The fourth-order valence-electron chi connectivity index (χ4n) is 0.346. The van der Waals surface area contributed by atoms with Crippen molar-refractivity contribution in [1.29, 1.82) is 0 Å². The Morgan fingerprint density at radius 2 is 2.14 bits per heavy atom. The second kappa shape index (κ2) is 3.96. The van der Waals surface area contributed by atoms with Crippen molar-refractivity contribution < 1.29 is 5.48 Å². The third-order valence-corrected chi connectivity index (χ3v) is 1.35. The van der Waals surface area contributed by atoms with Gasteiger partial charge in [0.2, 0.25) is 0 Å².